The molecule has 1 aliphatic rings. The van der Waals surface area contributed by atoms with Gasteiger partial charge in [0.25, 0.3) is 0 Å². The fourth-order valence-corrected chi connectivity index (χ4v) is 5.23. The predicted octanol–water partition coefficient (Wildman–Crippen LogP) is 3.81. The van der Waals surface area contributed by atoms with Crippen molar-refractivity contribution >= 4 is 26.6 Å². The van der Waals surface area contributed by atoms with E-state index in [1.54, 1.807) is 29.7 Å². The van der Waals surface area contributed by atoms with Crippen LogP contribution in [0, 0.1) is 12.7 Å². The third kappa shape index (κ3) is 2.75. The summed E-state index contributed by atoms with van der Waals surface area (Å²) < 4.78 is 48.7. The molecule has 0 saturated carbocycles. The lowest BCUT2D eigenvalue weighted by Gasteiger charge is -2.35. The van der Waals surface area contributed by atoms with E-state index in [1.807, 2.05) is 19.9 Å². The van der Waals surface area contributed by atoms with Crippen molar-refractivity contribution in [3.05, 3.63) is 54.0 Å². The van der Waals surface area contributed by atoms with Crippen LogP contribution in [-0.4, -0.2) is 40.5 Å². The number of halogens is 1. The van der Waals surface area contributed by atoms with Gasteiger partial charge in [-0.3, -0.25) is 4.57 Å². The number of rotatable bonds is 3. The van der Waals surface area contributed by atoms with Crippen LogP contribution in [0.25, 0.3) is 27.7 Å². The van der Waals surface area contributed by atoms with Crippen molar-refractivity contribution in [1.29, 1.82) is 0 Å². The number of nitrogens with zero attached hydrogens (tertiary/aromatic N) is 4. The Hall–Kier alpha value is -3.40. The maximum Gasteiger partial charge on any atom is 0.236 e. The number of nitrogens with one attached hydrogen (secondary N) is 1. The number of anilines is 1. The Bertz CT molecular complexity index is 1520. The SMILES string of the molecule is COc1c(-c2cccc3c2ccn3S(C)(=O)=O)cc(F)c2c1-n1c(C)nnc1C(C)(C)N2. The summed E-state index contributed by atoms with van der Waals surface area (Å²) >= 11 is 0. The number of hydrogen-bond donors (Lipinski definition) is 1. The monoisotopic (exact) mass is 455 g/mol. The normalized spacial score (nSPS) is 14.7. The summed E-state index contributed by atoms with van der Waals surface area (Å²) in [6, 6.07) is 8.40. The van der Waals surface area contributed by atoms with Crippen LogP contribution >= 0.6 is 0 Å². The quantitative estimate of drug-likeness (QED) is 0.505. The Labute approximate surface area is 184 Å². The van der Waals surface area contributed by atoms with Crippen LogP contribution in [0.1, 0.15) is 25.5 Å². The molecule has 0 radical (unpaired) electrons. The zero-order valence-corrected chi connectivity index (χ0v) is 19.1. The summed E-state index contributed by atoms with van der Waals surface area (Å²) in [5, 5.41) is 12.4. The van der Waals surface area contributed by atoms with Crippen LogP contribution in [0.5, 0.6) is 5.75 Å². The molecule has 1 N–H and O–H groups in total. The maximum absolute atomic E-state index is 15.5. The van der Waals surface area contributed by atoms with Crippen LogP contribution < -0.4 is 10.1 Å². The minimum atomic E-state index is -3.49. The average Bonchev–Trinajstić information content (AvgIpc) is 3.32. The Morgan fingerprint density at radius 2 is 1.91 bits per heavy atom. The standard InChI is InChI=1S/C22H22FN5O3S/c1-12-25-26-21-22(2,3)24-18-16(23)11-15(20(31-4)19(18)28(12)21)13-7-6-8-17-14(13)9-10-27(17)32(5,29)30/h6-11,24H,1-5H3. The lowest BCUT2D eigenvalue weighted by Crippen LogP contribution is -2.36. The Morgan fingerprint density at radius 1 is 1.16 bits per heavy atom. The van der Waals surface area contributed by atoms with E-state index < -0.39 is 21.4 Å². The smallest absolute Gasteiger partial charge is 0.236 e. The maximum atomic E-state index is 15.5. The minimum absolute atomic E-state index is 0.298. The van der Waals surface area contributed by atoms with Crippen molar-refractivity contribution in [1.82, 2.24) is 18.7 Å². The summed E-state index contributed by atoms with van der Waals surface area (Å²) in [6.07, 6.45) is 2.64. The molecule has 3 heterocycles. The van der Waals surface area contributed by atoms with Gasteiger partial charge in [0.2, 0.25) is 10.0 Å². The third-order valence-corrected chi connectivity index (χ3v) is 6.83. The molecule has 0 fully saturated rings. The molecule has 0 aliphatic carbocycles. The van der Waals surface area contributed by atoms with Gasteiger partial charge in [-0.15, -0.1) is 10.2 Å². The van der Waals surface area contributed by atoms with Crippen molar-refractivity contribution < 1.29 is 17.5 Å². The molecule has 10 heteroatoms. The molecule has 4 aromatic rings. The van der Waals surface area contributed by atoms with Crippen molar-refractivity contribution in [3.63, 3.8) is 0 Å². The predicted molar refractivity (Wildman–Crippen MR) is 120 cm³/mol. The van der Waals surface area contributed by atoms with Crippen LogP contribution in [0.4, 0.5) is 10.1 Å². The highest BCUT2D eigenvalue weighted by atomic mass is 32.2. The highest BCUT2D eigenvalue weighted by Gasteiger charge is 2.38. The molecule has 2 aromatic heterocycles. The first-order chi connectivity index (χ1) is 15.0. The number of fused-ring (bicyclic) bond motifs is 4. The van der Waals surface area contributed by atoms with Crippen LogP contribution in [0.3, 0.4) is 0 Å². The minimum Gasteiger partial charge on any atom is -0.494 e. The molecule has 0 atom stereocenters. The fraction of sp³-hybridized carbons (Fsp3) is 0.273. The van der Waals surface area contributed by atoms with Gasteiger partial charge in [0.1, 0.15) is 17.3 Å². The Kier molecular flexibility index (Phi) is 4.20. The molecule has 5 rings (SSSR count). The lowest BCUT2D eigenvalue weighted by molar-refractivity contribution is 0.409. The van der Waals surface area contributed by atoms with Gasteiger partial charge in [0.15, 0.2) is 11.6 Å². The lowest BCUT2D eigenvalue weighted by atomic mass is 9.95. The first kappa shape index (κ1) is 20.5. The number of benzene rings is 2. The molecule has 2 aromatic carbocycles. The van der Waals surface area contributed by atoms with Gasteiger partial charge in [-0.25, -0.2) is 16.8 Å². The molecule has 0 unspecified atom stereocenters. The van der Waals surface area contributed by atoms with Gasteiger partial charge in [-0.2, -0.15) is 0 Å². The van der Waals surface area contributed by atoms with E-state index in [9.17, 15) is 8.42 Å². The largest absolute Gasteiger partial charge is 0.494 e. The van der Waals surface area contributed by atoms with Crippen molar-refractivity contribution in [2.24, 2.45) is 0 Å². The molecular formula is C22H22FN5O3S. The fourth-order valence-electron chi connectivity index (χ4n) is 4.43. The molecule has 1 aliphatic heterocycles. The summed E-state index contributed by atoms with van der Waals surface area (Å²) in [5.41, 5.74) is 1.80. The molecule has 0 amide bonds. The molecule has 0 saturated heterocycles. The van der Waals surface area contributed by atoms with Gasteiger partial charge in [0.05, 0.1) is 30.1 Å². The number of ether oxygens (including phenoxy) is 1. The van der Waals surface area contributed by atoms with E-state index >= 15 is 4.39 Å². The second kappa shape index (κ2) is 6.55. The summed E-state index contributed by atoms with van der Waals surface area (Å²) in [5.74, 6) is 1.22. The van der Waals surface area contributed by atoms with E-state index in [0.717, 1.165) is 6.26 Å². The third-order valence-electron chi connectivity index (χ3n) is 5.80. The topological polar surface area (TPSA) is 91.0 Å². The summed E-state index contributed by atoms with van der Waals surface area (Å²) in [4.78, 5) is 0. The van der Waals surface area contributed by atoms with Crippen LogP contribution in [0.2, 0.25) is 0 Å². The second-order valence-corrected chi connectivity index (χ2v) is 10.3. The number of aryl methyl sites for hydroxylation is 1. The molecule has 0 bridgehead atoms. The van der Waals surface area contributed by atoms with Gasteiger partial charge in [-0.1, -0.05) is 12.1 Å². The van der Waals surface area contributed by atoms with Gasteiger partial charge >= 0.3 is 0 Å². The molecule has 32 heavy (non-hydrogen) atoms. The number of aromatic nitrogens is 4. The first-order valence-corrected chi connectivity index (χ1v) is 11.8. The molecule has 166 valence electrons. The number of methoxy groups -OCH3 is 1. The molecular weight excluding hydrogens is 433 g/mol. The molecule has 8 nitrogen and oxygen atoms in total. The van der Waals surface area contributed by atoms with E-state index in [2.05, 4.69) is 15.5 Å². The van der Waals surface area contributed by atoms with Gasteiger partial charge in [0, 0.05) is 17.1 Å². The number of hydrogen-bond acceptors (Lipinski definition) is 6. The Balaban J connectivity index is 1.87. The van der Waals surface area contributed by atoms with Crippen LogP contribution in [-0.2, 0) is 15.6 Å². The summed E-state index contributed by atoms with van der Waals surface area (Å²) in [6.45, 7) is 5.62. The van der Waals surface area contributed by atoms with Crippen LogP contribution in [0.15, 0.2) is 36.5 Å². The van der Waals surface area contributed by atoms with E-state index in [1.165, 1.54) is 23.3 Å². The first-order valence-electron chi connectivity index (χ1n) is 9.97. The van der Waals surface area contributed by atoms with Crippen molar-refractivity contribution in [2.75, 3.05) is 18.7 Å². The highest BCUT2D eigenvalue weighted by molar-refractivity contribution is 7.89. The second-order valence-electron chi connectivity index (χ2n) is 8.43. The Morgan fingerprint density at radius 3 is 2.59 bits per heavy atom. The highest BCUT2D eigenvalue weighted by Crippen LogP contribution is 2.48. The zero-order valence-electron chi connectivity index (χ0n) is 18.3. The van der Waals surface area contributed by atoms with E-state index in [4.69, 9.17) is 4.74 Å². The van der Waals surface area contributed by atoms with Gasteiger partial charge < -0.3 is 10.1 Å². The van der Waals surface area contributed by atoms with Crippen molar-refractivity contribution in [2.45, 2.75) is 26.3 Å². The summed E-state index contributed by atoms with van der Waals surface area (Å²) in [7, 11) is -1.97. The molecule has 0 spiro atoms. The van der Waals surface area contributed by atoms with E-state index in [0.29, 0.717) is 50.8 Å². The van der Waals surface area contributed by atoms with E-state index in [-0.39, 0.29) is 0 Å². The average molecular weight is 456 g/mol. The zero-order chi connectivity index (χ0) is 23.0. The van der Waals surface area contributed by atoms with Crippen molar-refractivity contribution in [3.8, 4) is 22.6 Å². The van der Waals surface area contributed by atoms with Gasteiger partial charge in [-0.05, 0) is 44.5 Å².